The van der Waals surface area contributed by atoms with Crippen LogP contribution in [0, 0.1) is 0 Å². The van der Waals surface area contributed by atoms with E-state index in [4.69, 9.17) is 10.2 Å². The maximum Gasteiger partial charge on any atom is 0.434 e. The summed E-state index contributed by atoms with van der Waals surface area (Å²) in [4.78, 5) is 11.0. The van der Waals surface area contributed by atoms with Crippen molar-refractivity contribution in [2.45, 2.75) is 12.7 Å². The zero-order chi connectivity index (χ0) is 17.3. The average Bonchev–Trinajstić information content (AvgIpc) is 3.00. The summed E-state index contributed by atoms with van der Waals surface area (Å²) < 4.78 is 44.7. The molecule has 0 aliphatic carbocycles. The molecule has 0 spiro atoms. The Morgan fingerprint density at radius 3 is 2.29 bits per heavy atom. The maximum atomic E-state index is 13.3. The lowest BCUT2D eigenvalue weighted by Gasteiger charge is -2.14. The van der Waals surface area contributed by atoms with Crippen molar-refractivity contribution in [1.29, 1.82) is 0 Å². The highest BCUT2D eigenvalue weighted by Crippen LogP contribution is 2.39. The minimum atomic E-state index is -4.52. The van der Waals surface area contributed by atoms with Crippen molar-refractivity contribution in [2.24, 2.45) is 5.73 Å². The van der Waals surface area contributed by atoms with Gasteiger partial charge in [0.1, 0.15) is 0 Å². The monoisotopic (exact) mass is 335 g/mol. The number of nitrogens with zero attached hydrogens (tertiary/aromatic N) is 1. The number of hydrogen-bond donors (Lipinski definition) is 2. The van der Waals surface area contributed by atoms with Gasteiger partial charge in [-0.1, -0.05) is 24.3 Å². The number of nitrogens with two attached hydrogens (primary N) is 1. The Hall–Kier alpha value is -2.87. The van der Waals surface area contributed by atoms with Crippen molar-refractivity contribution < 1.29 is 17.6 Å². The van der Waals surface area contributed by atoms with Crippen molar-refractivity contribution in [1.82, 2.24) is 10.2 Å². The highest BCUT2D eigenvalue weighted by molar-refractivity contribution is 5.73. The second kappa shape index (κ2) is 5.97. The lowest BCUT2D eigenvalue weighted by Crippen LogP contribution is -2.07. The standard InChI is InChI=1S/C16H12F3N3O2/c17-16(18,19)13-6-5-11(14-21-22-15(23)24-14)7-12(13)10-3-1-9(8-20)2-4-10/h1-7H,8,20H2,(H,22,23). The maximum absolute atomic E-state index is 13.3. The van der Waals surface area contributed by atoms with Crippen molar-refractivity contribution in [3.05, 3.63) is 64.1 Å². The molecule has 3 N–H and O–H groups in total. The van der Waals surface area contributed by atoms with E-state index in [0.29, 0.717) is 12.1 Å². The third kappa shape index (κ3) is 3.09. The summed E-state index contributed by atoms with van der Waals surface area (Å²) in [6.07, 6.45) is -4.52. The highest BCUT2D eigenvalue weighted by Gasteiger charge is 2.34. The topological polar surface area (TPSA) is 84.9 Å². The average molecular weight is 335 g/mol. The Balaban J connectivity index is 2.17. The third-order valence-electron chi connectivity index (χ3n) is 3.51. The number of H-pyrrole nitrogens is 1. The van der Waals surface area contributed by atoms with E-state index >= 15 is 0 Å². The molecule has 2 aromatic carbocycles. The lowest BCUT2D eigenvalue weighted by atomic mass is 9.96. The van der Waals surface area contributed by atoms with E-state index in [2.05, 4.69) is 10.2 Å². The molecular formula is C16H12F3N3O2. The van der Waals surface area contributed by atoms with Crippen LogP contribution >= 0.6 is 0 Å². The van der Waals surface area contributed by atoms with Crippen LogP contribution in [0.2, 0.25) is 0 Å². The SMILES string of the molecule is NCc1ccc(-c2cc(-c3n[nH]c(=O)o3)ccc2C(F)(F)F)cc1. The fourth-order valence-corrected chi connectivity index (χ4v) is 2.34. The second-order valence-electron chi connectivity index (χ2n) is 5.08. The van der Waals surface area contributed by atoms with Crippen LogP contribution < -0.4 is 11.5 Å². The van der Waals surface area contributed by atoms with Crippen LogP contribution in [0.4, 0.5) is 13.2 Å². The predicted octanol–water partition coefficient (Wildman–Crippen LogP) is 3.17. The number of aromatic nitrogens is 2. The van der Waals surface area contributed by atoms with Gasteiger partial charge in [0.25, 0.3) is 0 Å². The molecule has 0 amide bonds. The molecule has 1 aromatic heterocycles. The van der Waals surface area contributed by atoms with Gasteiger partial charge in [0.15, 0.2) is 0 Å². The Morgan fingerprint density at radius 1 is 1.08 bits per heavy atom. The summed E-state index contributed by atoms with van der Waals surface area (Å²) >= 11 is 0. The molecule has 5 nitrogen and oxygen atoms in total. The highest BCUT2D eigenvalue weighted by atomic mass is 19.4. The lowest BCUT2D eigenvalue weighted by molar-refractivity contribution is -0.137. The minimum Gasteiger partial charge on any atom is -0.388 e. The predicted molar refractivity (Wildman–Crippen MR) is 80.9 cm³/mol. The molecule has 0 atom stereocenters. The third-order valence-corrected chi connectivity index (χ3v) is 3.51. The zero-order valence-corrected chi connectivity index (χ0v) is 12.2. The first-order valence-corrected chi connectivity index (χ1v) is 6.95. The molecule has 0 saturated carbocycles. The van der Waals surface area contributed by atoms with Gasteiger partial charge < -0.3 is 10.2 Å². The second-order valence-corrected chi connectivity index (χ2v) is 5.08. The molecule has 3 rings (SSSR count). The van der Waals surface area contributed by atoms with Crippen LogP contribution in [-0.2, 0) is 12.7 Å². The van der Waals surface area contributed by atoms with Gasteiger partial charge in [-0.3, -0.25) is 0 Å². The fraction of sp³-hybridized carbons (Fsp3) is 0.125. The van der Waals surface area contributed by atoms with Crippen LogP contribution in [0.25, 0.3) is 22.6 Å². The van der Waals surface area contributed by atoms with Gasteiger partial charge in [-0.25, -0.2) is 9.89 Å². The summed E-state index contributed by atoms with van der Waals surface area (Å²) in [5.74, 6) is -0.854. The van der Waals surface area contributed by atoms with Crippen molar-refractivity contribution in [3.8, 4) is 22.6 Å². The van der Waals surface area contributed by atoms with E-state index < -0.39 is 17.5 Å². The number of nitrogens with one attached hydrogen (secondary N) is 1. The molecule has 0 aliphatic rings. The molecule has 0 bridgehead atoms. The summed E-state index contributed by atoms with van der Waals surface area (Å²) in [5.41, 5.74) is 6.13. The number of aromatic amines is 1. The van der Waals surface area contributed by atoms with E-state index in [1.807, 2.05) is 0 Å². The van der Waals surface area contributed by atoms with Gasteiger partial charge in [-0.05, 0) is 34.9 Å². The number of rotatable bonds is 3. The van der Waals surface area contributed by atoms with Crippen molar-refractivity contribution >= 4 is 0 Å². The first-order valence-electron chi connectivity index (χ1n) is 6.95. The molecule has 8 heteroatoms. The molecule has 0 radical (unpaired) electrons. The molecule has 1 heterocycles. The summed E-state index contributed by atoms with van der Waals surface area (Å²) in [6, 6.07) is 9.90. The molecule has 0 unspecified atom stereocenters. The van der Waals surface area contributed by atoms with E-state index in [9.17, 15) is 18.0 Å². The summed E-state index contributed by atoms with van der Waals surface area (Å²) in [6.45, 7) is 0.297. The smallest absolute Gasteiger partial charge is 0.388 e. The Bertz CT molecular complexity index is 911. The fourth-order valence-electron chi connectivity index (χ4n) is 2.34. The van der Waals surface area contributed by atoms with Crippen LogP contribution in [0.3, 0.4) is 0 Å². The first-order chi connectivity index (χ1) is 11.4. The van der Waals surface area contributed by atoms with Gasteiger partial charge in [-0.2, -0.15) is 13.2 Å². The van der Waals surface area contributed by atoms with E-state index in [1.165, 1.54) is 12.1 Å². The van der Waals surface area contributed by atoms with E-state index in [-0.39, 0.29) is 17.0 Å². The molecule has 0 aliphatic heterocycles. The Morgan fingerprint density at radius 2 is 1.75 bits per heavy atom. The molecule has 0 fully saturated rings. The van der Waals surface area contributed by atoms with Crippen LogP contribution in [0.5, 0.6) is 0 Å². The Labute approximate surface area is 133 Å². The quantitative estimate of drug-likeness (QED) is 0.770. The van der Waals surface area contributed by atoms with Gasteiger partial charge in [-0.15, -0.1) is 5.10 Å². The number of benzene rings is 2. The Kier molecular flexibility index (Phi) is 3.98. The molecule has 0 saturated heterocycles. The molecule has 124 valence electrons. The largest absolute Gasteiger partial charge is 0.434 e. The van der Waals surface area contributed by atoms with Crippen LogP contribution in [0.1, 0.15) is 11.1 Å². The van der Waals surface area contributed by atoms with Crippen LogP contribution in [0.15, 0.2) is 51.7 Å². The van der Waals surface area contributed by atoms with Crippen molar-refractivity contribution in [2.75, 3.05) is 0 Å². The van der Waals surface area contributed by atoms with Gasteiger partial charge in [0.05, 0.1) is 5.56 Å². The zero-order valence-electron chi connectivity index (χ0n) is 12.2. The normalized spacial score (nSPS) is 11.7. The van der Waals surface area contributed by atoms with E-state index in [1.54, 1.807) is 24.3 Å². The van der Waals surface area contributed by atoms with Crippen molar-refractivity contribution in [3.63, 3.8) is 0 Å². The first kappa shape index (κ1) is 16.0. The molecular weight excluding hydrogens is 323 g/mol. The number of hydrogen-bond acceptors (Lipinski definition) is 4. The van der Waals surface area contributed by atoms with Crippen LogP contribution in [-0.4, -0.2) is 10.2 Å². The molecule has 24 heavy (non-hydrogen) atoms. The molecule has 3 aromatic rings. The van der Waals surface area contributed by atoms with Gasteiger partial charge >= 0.3 is 11.9 Å². The number of halogens is 3. The minimum absolute atomic E-state index is 0.0331. The number of alkyl halides is 3. The summed E-state index contributed by atoms with van der Waals surface area (Å²) in [5, 5.41) is 5.72. The van der Waals surface area contributed by atoms with Gasteiger partial charge in [0.2, 0.25) is 5.89 Å². The van der Waals surface area contributed by atoms with Gasteiger partial charge in [0, 0.05) is 12.1 Å². The summed E-state index contributed by atoms with van der Waals surface area (Å²) in [7, 11) is 0. The van der Waals surface area contributed by atoms with E-state index in [0.717, 1.165) is 11.6 Å².